The van der Waals surface area contributed by atoms with Crippen LogP contribution in [0.4, 0.5) is 0 Å². The monoisotopic (exact) mass is 324 g/mol. The van der Waals surface area contributed by atoms with Crippen LogP contribution in [-0.2, 0) is 32.5 Å². The van der Waals surface area contributed by atoms with Gasteiger partial charge < -0.3 is 14.5 Å². The van der Waals surface area contributed by atoms with E-state index in [-0.39, 0.29) is 0 Å². The molecule has 6 heteroatoms. The van der Waals surface area contributed by atoms with Crippen molar-refractivity contribution >= 4 is 11.0 Å². The Bertz CT molecular complexity index is 833. The summed E-state index contributed by atoms with van der Waals surface area (Å²) in [6.07, 6.45) is 3.04. The van der Waals surface area contributed by atoms with E-state index in [9.17, 15) is 0 Å². The van der Waals surface area contributed by atoms with Crippen molar-refractivity contribution in [1.29, 1.82) is 0 Å². The molecule has 0 fully saturated rings. The molecule has 3 heterocycles. The average Bonchev–Trinajstić information content (AvgIpc) is 3.19. The van der Waals surface area contributed by atoms with Crippen LogP contribution in [0, 0.1) is 0 Å². The maximum Gasteiger partial charge on any atom is 0.133 e. The topological polar surface area (TPSA) is 60.6 Å². The first-order valence-electron chi connectivity index (χ1n) is 8.88. The van der Waals surface area contributed by atoms with Gasteiger partial charge in [0.1, 0.15) is 17.5 Å². The van der Waals surface area contributed by atoms with Crippen molar-refractivity contribution < 1.29 is 0 Å². The van der Waals surface area contributed by atoms with Crippen molar-refractivity contribution in [2.45, 2.75) is 58.8 Å². The molecule has 0 bridgehead atoms. The highest BCUT2D eigenvalue weighted by molar-refractivity contribution is 5.75. The fraction of sp³-hybridized carbons (Fsp3) is 0.500. The van der Waals surface area contributed by atoms with E-state index in [0.29, 0.717) is 6.04 Å². The van der Waals surface area contributed by atoms with Gasteiger partial charge in [-0.2, -0.15) is 0 Å². The van der Waals surface area contributed by atoms with Gasteiger partial charge in [0, 0.05) is 32.0 Å². The summed E-state index contributed by atoms with van der Waals surface area (Å²) >= 11 is 0. The minimum absolute atomic E-state index is 0.448. The van der Waals surface area contributed by atoms with E-state index >= 15 is 0 Å². The van der Waals surface area contributed by atoms with Gasteiger partial charge in [0.2, 0.25) is 0 Å². The Balaban J connectivity index is 1.50. The van der Waals surface area contributed by atoms with Crippen LogP contribution in [-0.4, -0.2) is 30.4 Å². The van der Waals surface area contributed by atoms with Gasteiger partial charge in [-0.25, -0.2) is 4.98 Å². The van der Waals surface area contributed by atoms with E-state index in [0.717, 1.165) is 61.9 Å². The summed E-state index contributed by atoms with van der Waals surface area (Å²) in [4.78, 5) is 4.80. The molecule has 1 aromatic carbocycles. The molecular weight excluding hydrogens is 300 g/mol. The molecule has 0 amide bonds. The first-order chi connectivity index (χ1) is 11.8. The van der Waals surface area contributed by atoms with Gasteiger partial charge in [-0.15, -0.1) is 10.2 Å². The number of nitrogens with one attached hydrogen (secondary N) is 1. The summed E-state index contributed by atoms with van der Waals surface area (Å²) in [6, 6.07) is 8.81. The summed E-state index contributed by atoms with van der Waals surface area (Å²) in [7, 11) is 0. The summed E-state index contributed by atoms with van der Waals surface area (Å²) in [5.74, 6) is 3.34. The molecule has 1 aliphatic heterocycles. The lowest BCUT2D eigenvalue weighted by molar-refractivity contribution is 0.368. The number of hydrogen-bond donors (Lipinski definition) is 1. The molecule has 0 radical (unpaired) electrons. The number of para-hydroxylation sites is 2. The van der Waals surface area contributed by atoms with Crippen LogP contribution in [0.5, 0.6) is 0 Å². The van der Waals surface area contributed by atoms with Crippen molar-refractivity contribution in [3.63, 3.8) is 0 Å². The van der Waals surface area contributed by atoms with Gasteiger partial charge in [-0.3, -0.25) is 0 Å². The molecule has 126 valence electrons. The Morgan fingerprint density at radius 3 is 2.88 bits per heavy atom. The van der Waals surface area contributed by atoms with Crippen molar-refractivity contribution in [1.82, 2.24) is 29.6 Å². The van der Waals surface area contributed by atoms with Crippen molar-refractivity contribution in [2.24, 2.45) is 0 Å². The number of aryl methyl sites for hydroxylation is 3. The largest absolute Gasteiger partial charge is 0.327 e. The molecule has 0 saturated heterocycles. The lowest BCUT2D eigenvalue weighted by Gasteiger charge is -2.25. The zero-order chi connectivity index (χ0) is 16.5. The van der Waals surface area contributed by atoms with Crippen LogP contribution < -0.4 is 5.32 Å². The van der Waals surface area contributed by atoms with E-state index in [1.807, 2.05) is 6.07 Å². The standard InChI is InChI=1S/C18H24N6/c1-3-16-21-22-17-10-9-13(12-24(16)17)19-11-18-20-14-7-5-6-8-15(14)23(18)4-2/h5-8,13,19H,3-4,9-12H2,1-2H3. The number of aromatic nitrogens is 5. The Labute approximate surface area is 141 Å². The second kappa shape index (κ2) is 6.36. The molecule has 3 aromatic rings. The van der Waals surface area contributed by atoms with Crippen LogP contribution in [0.1, 0.15) is 37.7 Å². The molecule has 24 heavy (non-hydrogen) atoms. The van der Waals surface area contributed by atoms with E-state index in [2.05, 4.69) is 56.7 Å². The van der Waals surface area contributed by atoms with Gasteiger partial charge in [-0.05, 0) is 25.5 Å². The minimum Gasteiger partial charge on any atom is -0.327 e. The lowest BCUT2D eigenvalue weighted by atomic mass is 10.1. The van der Waals surface area contributed by atoms with Gasteiger partial charge in [-0.1, -0.05) is 19.1 Å². The molecule has 0 spiro atoms. The second-order valence-corrected chi connectivity index (χ2v) is 6.37. The molecule has 2 aromatic heterocycles. The van der Waals surface area contributed by atoms with Gasteiger partial charge >= 0.3 is 0 Å². The fourth-order valence-electron chi connectivity index (χ4n) is 3.66. The van der Waals surface area contributed by atoms with E-state index in [1.165, 1.54) is 5.52 Å². The summed E-state index contributed by atoms with van der Waals surface area (Å²) in [5, 5.41) is 12.3. The van der Waals surface area contributed by atoms with E-state index < -0.39 is 0 Å². The lowest BCUT2D eigenvalue weighted by Crippen LogP contribution is -2.38. The zero-order valence-corrected chi connectivity index (χ0v) is 14.4. The smallest absolute Gasteiger partial charge is 0.133 e. The maximum atomic E-state index is 4.80. The van der Waals surface area contributed by atoms with Crippen LogP contribution in [0.25, 0.3) is 11.0 Å². The molecule has 1 unspecified atom stereocenters. The Hall–Kier alpha value is -2.21. The summed E-state index contributed by atoms with van der Waals surface area (Å²) in [5.41, 5.74) is 2.30. The first kappa shape index (κ1) is 15.3. The Morgan fingerprint density at radius 2 is 2.04 bits per heavy atom. The van der Waals surface area contributed by atoms with Crippen molar-refractivity contribution in [2.75, 3.05) is 0 Å². The van der Waals surface area contributed by atoms with Crippen molar-refractivity contribution in [3.05, 3.63) is 41.7 Å². The zero-order valence-electron chi connectivity index (χ0n) is 14.4. The first-order valence-corrected chi connectivity index (χ1v) is 8.88. The van der Waals surface area contributed by atoms with Gasteiger partial charge in [0.05, 0.1) is 17.6 Å². The third kappa shape index (κ3) is 2.60. The molecule has 1 atom stereocenters. The number of fused-ring (bicyclic) bond motifs is 2. The van der Waals surface area contributed by atoms with Crippen LogP contribution in [0.2, 0.25) is 0 Å². The normalized spacial score (nSPS) is 17.3. The maximum absolute atomic E-state index is 4.80. The Morgan fingerprint density at radius 1 is 1.17 bits per heavy atom. The highest BCUT2D eigenvalue weighted by Gasteiger charge is 2.22. The molecule has 0 saturated carbocycles. The predicted octanol–water partition coefficient (Wildman–Crippen LogP) is 2.31. The fourth-order valence-corrected chi connectivity index (χ4v) is 3.66. The van der Waals surface area contributed by atoms with Gasteiger partial charge in [0.25, 0.3) is 0 Å². The van der Waals surface area contributed by atoms with Crippen LogP contribution >= 0.6 is 0 Å². The number of imidazole rings is 1. The predicted molar refractivity (Wildman–Crippen MR) is 93.8 cm³/mol. The molecular formula is C18H24N6. The average molecular weight is 324 g/mol. The van der Waals surface area contributed by atoms with Crippen LogP contribution in [0.3, 0.4) is 0 Å². The minimum atomic E-state index is 0.448. The van der Waals surface area contributed by atoms with Crippen molar-refractivity contribution in [3.8, 4) is 0 Å². The Kier molecular flexibility index (Phi) is 4.06. The molecule has 4 rings (SSSR count). The summed E-state index contributed by atoms with van der Waals surface area (Å²) < 4.78 is 4.58. The molecule has 0 aliphatic carbocycles. The third-order valence-electron chi connectivity index (χ3n) is 4.94. The second-order valence-electron chi connectivity index (χ2n) is 6.37. The summed E-state index contributed by atoms with van der Waals surface area (Å²) in [6.45, 7) is 7.01. The number of hydrogen-bond acceptors (Lipinski definition) is 4. The number of nitrogens with zero attached hydrogens (tertiary/aromatic N) is 5. The van der Waals surface area contributed by atoms with Gasteiger partial charge in [0.15, 0.2) is 0 Å². The van der Waals surface area contributed by atoms with Crippen LogP contribution in [0.15, 0.2) is 24.3 Å². The number of rotatable bonds is 5. The highest BCUT2D eigenvalue weighted by Crippen LogP contribution is 2.18. The van der Waals surface area contributed by atoms with E-state index in [4.69, 9.17) is 4.98 Å². The molecule has 1 N–H and O–H groups in total. The highest BCUT2D eigenvalue weighted by atomic mass is 15.3. The quantitative estimate of drug-likeness (QED) is 0.782. The number of benzene rings is 1. The molecule has 1 aliphatic rings. The SMILES string of the molecule is CCc1nnc2n1CC(NCc1nc3ccccc3n1CC)CC2. The van der Waals surface area contributed by atoms with E-state index in [1.54, 1.807) is 0 Å². The molecule has 6 nitrogen and oxygen atoms in total. The third-order valence-corrected chi connectivity index (χ3v) is 4.94.